The van der Waals surface area contributed by atoms with Gasteiger partial charge in [-0.3, -0.25) is 9.59 Å². The maximum atomic E-state index is 11.9. The second kappa shape index (κ2) is 5.23. The number of carbonyl (C=O) groups is 4. The molecule has 1 aliphatic heterocycles. The number of hydrogen-bond acceptors (Lipinski definition) is 4. The van der Waals surface area contributed by atoms with Gasteiger partial charge in [0.15, 0.2) is 0 Å². The predicted octanol–water partition coefficient (Wildman–Crippen LogP) is -0.0788. The summed E-state index contributed by atoms with van der Waals surface area (Å²) in [7, 11) is 0. The number of aromatic carboxylic acids is 2. The molecule has 1 aliphatic rings. The molecule has 1 atom stereocenters. The summed E-state index contributed by atoms with van der Waals surface area (Å²) in [5.41, 5.74) is 4.75. The Balaban J connectivity index is 2.48. The zero-order chi connectivity index (χ0) is 15.7. The van der Waals surface area contributed by atoms with Crippen LogP contribution in [0.4, 0.5) is 5.69 Å². The molecule has 8 heteroatoms. The minimum Gasteiger partial charge on any atom is -0.478 e. The van der Waals surface area contributed by atoms with Crippen LogP contribution in [-0.2, 0) is 9.59 Å². The molecule has 1 saturated heterocycles. The van der Waals surface area contributed by atoms with Crippen molar-refractivity contribution >= 4 is 29.4 Å². The summed E-state index contributed by atoms with van der Waals surface area (Å²) in [5.74, 6) is -4.38. The number of amides is 2. The van der Waals surface area contributed by atoms with Crippen molar-refractivity contribution in [3.05, 3.63) is 29.3 Å². The molecule has 2 rings (SSSR count). The SMILES string of the molecule is NC(=O)C1CC(=O)N(c2cc(C(=O)O)ccc2C(=O)O)C1. The Hall–Kier alpha value is -2.90. The van der Waals surface area contributed by atoms with Gasteiger partial charge in [0.25, 0.3) is 0 Å². The van der Waals surface area contributed by atoms with Gasteiger partial charge in [-0.1, -0.05) is 0 Å². The second-order valence-electron chi connectivity index (χ2n) is 4.65. The lowest BCUT2D eigenvalue weighted by Crippen LogP contribution is -2.29. The Labute approximate surface area is 118 Å². The van der Waals surface area contributed by atoms with Gasteiger partial charge in [0.05, 0.1) is 22.7 Å². The first-order valence-corrected chi connectivity index (χ1v) is 6.01. The molecule has 0 aliphatic carbocycles. The molecule has 110 valence electrons. The third-order valence-electron chi connectivity index (χ3n) is 3.29. The first kappa shape index (κ1) is 14.5. The van der Waals surface area contributed by atoms with E-state index >= 15 is 0 Å². The van der Waals surface area contributed by atoms with Crippen molar-refractivity contribution in [2.24, 2.45) is 11.7 Å². The summed E-state index contributed by atoms with van der Waals surface area (Å²) in [6.07, 6.45) is -0.119. The van der Waals surface area contributed by atoms with Crippen molar-refractivity contribution in [1.82, 2.24) is 0 Å². The monoisotopic (exact) mass is 292 g/mol. The average molecular weight is 292 g/mol. The molecule has 1 heterocycles. The van der Waals surface area contributed by atoms with Crippen LogP contribution in [0.2, 0.25) is 0 Å². The molecular formula is C13H12N2O6. The number of benzene rings is 1. The Bertz CT molecular complexity index is 654. The van der Waals surface area contributed by atoms with Crippen molar-refractivity contribution in [3.8, 4) is 0 Å². The summed E-state index contributed by atoms with van der Waals surface area (Å²) < 4.78 is 0. The molecule has 0 aromatic heterocycles. The van der Waals surface area contributed by atoms with Crippen LogP contribution in [0.15, 0.2) is 18.2 Å². The standard InChI is InChI=1S/C13H12N2O6/c14-11(17)7-4-10(16)15(5-7)9-3-6(12(18)19)1-2-8(9)13(20)21/h1-3,7H,4-5H2,(H2,14,17)(H,18,19)(H,20,21). The van der Waals surface area contributed by atoms with E-state index in [1.54, 1.807) is 0 Å². The van der Waals surface area contributed by atoms with Gasteiger partial charge in [0.2, 0.25) is 11.8 Å². The predicted molar refractivity (Wildman–Crippen MR) is 70.0 cm³/mol. The summed E-state index contributed by atoms with van der Waals surface area (Å²) in [6, 6.07) is 3.36. The van der Waals surface area contributed by atoms with E-state index in [0.717, 1.165) is 23.1 Å². The zero-order valence-corrected chi connectivity index (χ0v) is 10.8. The molecular weight excluding hydrogens is 280 g/mol. The van der Waals surface area contributed by atoms with Crippen LogP contribution in [0.3, 0.4) is 0 Å². The molecule has 0 radical (unpaired) electrons. The first-order valence-electron chi connectivity index (χ1n) is 6.01. The van der Waals surface area contributed by atoms with E-state index in [1.165, 1.54) is 0 Å². The Morgan fingerprint density at radius 3 is 2.33 bits per heavy atom. The Morgan fingerprint density at radius 2 is 1.86 bits per heavy atom. The van der Waals surface area contributed by atoms with Crippen LogP contribution in [0.5, 0.6) is 0 Å². The lowest BCUT2D eigenvalue weighted by Gasteiger charge is -2.19. The molecule has 1 aromatic carbocycles. The van der Waals surface area contributed by atoms with Crippen molar-refractivity contribution in [2.75, 3.05) is 11.4 Å². The van der Waals surface area contributed by atoms with Crippen molar-refractivity contribution < 1.29 is 29.4 Å². The van der Waals surface area contributed by atoms with E-state index in [4.69, 9.17) is 15.9 Å². The number of nitrogens with zero attached hydrogens (tertiary/aromatic N) is 1. The quantitative estimate of drug-likeness (QED) is 0.709. The third-order valence-corrected chi connectivity index (χ3v) is 3.29. The highest BCUT2D eigenvalue weighted by molar-refractivity contribution is 6.06. The topological polar surface area (TPSA) is 138 Å². The summed E-state index contributed by atoms with van der Waals surface area (Å²) in [4.78, 5) is 46.3. The molecule has 0 saturated carbocycles. The van der Waals surface area contributed by atoms with E-state index in [1.807, 2.05) is 0 Å². The van der Waals surface area contributed by atoms with E-state index in [0.29, 0.717) is 0 Å². The number of rotatable bonds is 4. The summed E-state index contributed by atoms with van der Waals surface area (Å²) in [6.45, 7) is -0.0580. The average Bonchev–Trinajstić information content (AvgIpc) is 2.80. The van der Waals surface area contributed by atoms with E-state index in [9.17, 15) is 19.2 Å². The lowest BCUT2D eigenvalue weighted by atomic mass is 10.1. The molecule has 0 bridgehead atoms. The minimum atomic E-state index is -1.29. The fourth-order valence-corrected chi connectivity index (χ4v) is 2.20. The first-order chi connectivity index (χ1) is 9.81. The number of carboxylic acid groups (broad SMARTS) is 2. The Kier molecular flexibility index (Phi) is 3.62. The maximum Gasteiger partial charge on any atom is 0.337 e. The van der Waals surface area contributed by atoms with Crippen molar-refractivity contribution in [3.63, 3.8) is 0 Å². The maximum absolute atomic E-state index is 11.9. The van der Waals surface area contributed by atoms with E-state index < -0.39 is 29.7 Å². The van der Waals surface area contributed by atoms with Crippen LogP contribution in [0, 0.1) is 5.92 Å². The van der Waals surface area contributed by atoms with Crippen LogP contribution < -0.4 is 10.6 Å². The minimum absolute atomic E-state index is 0.0452. The van der Waals surface area contributed by atoms with Crippen LogP contribution >= 0.6 is 0 Å². The van der Waals surface area contributed by atoms with E-state index in [-0.39, 0.29) is 29.8 Å². The molecule has 1 aromatic rings. The molecule has 2 amide bonds. The van der Waals surface area contributed by atoms with Crippen LogP contribution in [0.25, 0.3) is 0 Å². The van der Waals surface area contributed by atoms with Gasteiger partial charge in [-0.05, 0) is 18.2 Å². The van der Waals surface area contributed by atoms with Gasteiger partial charge in [0, 0.05) is 13.0 Å². The van der Waals surface area contributed by atoms with Gasteiger partial charge in [-0.15, -0.1) is 0 Å². The molecule has 4 N–H and O–H groups in total. The van der Waals surface area contributed by atoms with Crippen LogP contribution in [0.1, 0.15) is 27.1 Å². The number of carboxylic acids is 2. The number of hydrogen-bond donors (Lipinski definition) is 3. The summed E-state index contributed by atoms with van der Waals surface area (Å²) in [5, 5.41) is 18.1. The normalized spacial score (nSPS) is 17.8. The molecule has 21 heavy (non-hydrogen) atoms. The van der Waals surface area contributed by atoms with Crippen molar-refractivity contribution in [1.29, 1.82) is 0 Å². The van der Waals surface area contributed by atoms with Crippen molar-refractivity contribution in [2.45, 2.75) is 6.42 Å². The largest absolute Gasteiger partial charge is 0.478 e. The number of nitrogens with two attached hydrogens (primary N) is 1. The van der Waals surface area contributed by atoms with Gasteiger partial charge in [-0.2, -0.15) is 0 Å². The molecule has 8 nitrogen and oxygen atoms in total. The number of carbonyl (C=O) groups excluding carboxylic acids is 2. The highest BCUT2D eigenvalue weighted by atomic mass is 16.4. The van der Waals surface area contributed by atoms with Gasteiger partial charge < -0.3 is 20.8 Å². The van der Waals surface area contributed by atoms with Gasteiger partial charge >= 0.3 is 11.9 Å². The zero-order valence-electron chi connectivity index (χ0n) is 10.8. The molecule has 1 fully saturated rings. The fraction of sp³-hybridized carbons (Fsp3) is 0.231. The fourth-order valence-electron chi connectivity index (χ4n) is 2.20. The highest BCUT2D eigenvalue weighted by Gasteiger charge is 2.35. The third kappa shape index (κ3) is 2.69. The van der Waals surface area contributed by atoms with E-state index in [2.05, 4.69) is 0 Å². The van der Waals surface area contributed by atoms with Gasteiger partial charge in [0.1, 0.15) is 0 Å². The number of primary amides is 1. The smallest absolute Gasteiger partial charge is 0.337 e. The van der Waals surface area contributed by atoms with Crippen LogP contribution in [-0.4, -0.2) is 40.5 Å². The summed E-state index contributed by atoms with van der Waals surface area (Å²) >= 11 is 0. The highest BCUT2D eigenvalue weighted by Crippen LogP contribution is 2.29. The number of anilines is 1. The lowest BCUT2D eigenvalue weighted by molar-refractivity contribution is -0.123. The Morgan fingerprint density at radius 1 is 1.19 bits per heavy atom. The second-order valence-corrected chi connectivity index (χ2v) is 4.65. The molecule has 0 spiro atoms. The van der Waals surface area contributed by atoms with Gasteiger partial charge in [-0.25, -0.2) is 9.59 Å². The molecule has 1 unspecified atom stereocenters.